The van der Waals surface area contributed by atoms with Gasteiger partial charge < -0.3 is 31.5 Å². The molecule has 1 aromatic heterocycles. The van der Waals surface area contributed by atoms with E-state index in [1.807, 2.05) is 25.3 Å². The van der Waals surface area contributed by atoms with Crippen LogP contribution >= 0.6 is 0 Å². The predicted molar refractivity (Wildman–Crippen MR) is 123 cm³/mol. The lowest BCUT2D eigenvalue weighted by Gasteiger charge is -2.10. The van der Waals surface area contributed by atoms with Gasteiger partial charge in [0.1, 0.15) is 5.75 Å². The zero-order valence-corrected chi connectivity index (χ0v) is 17.6. The van der Waals surface area contributed by atoms with Gasteiger partial charge in [0.05, 0.1) is 0 Å². The molecule has 1 aliphatic heterocycles. The van der Waals surface area contributed by atoms with E-state index in [0.717, 1.165) is 30.0 Å². The molecule has 0 bridgehead atoms. The molecule has 1 aliphatic rings. The highest BCUT2D eigenvalue weighted by Crippen LogP contribution is 2.22. The molecule has 4 rings (SSSR count). The number of aromatic nitrogens is 3. The number of benzene rings is 2. The molecule has 0 aliphatic carbocycles. The Bertz CT molecular complexity index is 1150. The van der Waals surface area contributed by atoms with Crippen LogP contribution in [0.3, 0.4) is 0 Å². The summed E-state index contributed by atoms with van der Waals surface area (Å²) >= 11 is 0. The molecule has 2 aromatic carbocycles. The molecule has 0 radical (unpaired) electrons. The van der Waals surface area contributed by atoms with Crippen LogP contribution in [0.15, 0.2) is 54.2 Å². The fraction of sp³-hybridized carbons (Fsp3) is 0.182. The van der Waals surface area contributed by atoms with Crippen molar-refractivity contribution in [2.75, 3.05) is 37.8 Å². The molecule has 6 N–H and O–H groups in total. The van der Waals surface area contributed by atoms with Crippen LogP contribution in [0.1, 0.15) is 5.56 Å². The molecule has 32 heavy (non-hydrogen) atoms. The first-order chi connectivity index (χ1) is 15.5. The van der Waals surface area contributed by atoms with Crippen LogP contribution in [0.4, 0.5) is 17.3 Å². The van der Waals surface area contributed by atoms with E-state index in [1.165, 1.54) is 6.21 Å². The molecular weight excluding hydrogens is 408 g/mol. The average Bonchev–Trinajstić information content (AvgIpc) is 3.43. The van der Waals surface area contributed by atoms with Crippen LogP contribution in [-0.2, 0) is 4.79 Å². The molecule has 3 aromatic rings. The average molecular weight is 432 g/mol. The number of nitrogen functional groups attached to an aromatic ring is 1. The topological polar surface area (TPSA) is 145 Å². The summed E-state index contributed by atoms with van der Waals surface area (Å²) in [6, 6.07) is 12.5. The second-order valence-corrected chi connectivity index (χ2v) is 7.42. The number of rotatable bonds is 8. The summed E-state index contributed by atoms with van der Waals surface area (Å²) in [7, 11) is 1.99. The Balaban J connectivity index is 1.33. The van der Waals surface area contributed by atoms with Gasteiger partial charge in [-0.25, -0.2) is 0 Å². The summed E-state index contributed by atoms with van der Waals surface area (Å²) in [5.74, 6) is 1.44. The predicted octanol–water partition coefficient (Wildman–Crippen LogP) is 2.12. The first-order valence-corrected chi connectivity index (χ1v) is 10.0. The minimum Gasteiger partial charge on any atom is -0.484 e. The highest BCUT2D eigenvalue weighted by Gasteiger charge is 2.13. The lowest BCUT2D eigenvalue weighted by molar-refractivity contribution is -0.122. The number of carbonyl (C=O) groups excluding carboxylic acids is 1. The van der Waals surface area contributed by atoms with Gasteiger partial charge in [0.15, 0.2) is 12.4 Å². The number of hydrogen-bond donors (Lipinski definition) is 5. The summed E-state index contributed by atoms with van der Waals surface area (Å²) < 4.78 is 5.57. The van der Waals surface area contributed by atoms with Crippen molar-refractivity contribution in [3.63, 3.8) is 0 Å². The van der Waals surface area contributed by atoms with Crippen LogP contribution in [0.5, 0.6) is 5.75 Å². The summed E-state index contributed by atoms with van der Waals surface area (Å²) in [6.45, 7) is 1.51. The van der Waals surface area contributed by atoms with Gasteiger partial charge in [-0.1, -0.05) is 0 Å². The molecule has 0 saturated carbocycles. The normalized spacial score (nSPS) is 13.5. The SMILES string of the molecule is CN1CC=C(NC(=O)COc2ccc(-c3nnc(Nc4ccc(N)c(C=N)c4)[nH]3)cc2)C1. The number of hydrogen-bond acceptors (Lipinski definition) is 8. The summed E-state index contributed by atoms with van der Waals surface area (Å²) in [5.41, 5.74) is 9.42. The molecule has 0 spiro atoms. The second-order valence-electron chi connectivity index (χ2n) is 7.42. The van der Waals surface area contributed by atoms with Crippen LogP contribution in [-0.4, -0.2) is 58.9 Å². The standard InChI is InChI=1S/C22H24N8O2/c1-30-9-8-17(12-30)25-20(31)13-32-18-5-2-14(3-6-18)21-27-22(29-28-21)26-16-4-7-19(24)15(10-16)11-23/h2-8,10-11,23H,9,12-13,24H2,1H3,(H,25,31)(H2,26,27,28,29). The highest BCUT2D eigenvalue weighted by molar-refractivity contribution is 5.87. The number of aromatic amines is 1. The molecule has 0 atom stereocenters. The van der Waals surface area contributed by atoms with E-state index in [9.17, 15) is 4.79 Å². The number of anilines is 3. The molecule has 2 heterocycles. The monoisotopic (exact) mass is 432 g/mol. The first-order valence-electron chi connectivity index (χ1n) is 10.0. The van der Waals surface area contributed by atoms with Crippen molar-refractivity contribution in [2.45, 2.75) is 0 Å². The van der Waals surface area contributed by atoms with Gasteiger partial charge in [0, 0.05) is 47.5 Å². The molecule has 0 saturated heterocycles. The third kappa shape index (κ3) is 5.10. The highest BCUT2D eigenvalue weighted by atomic mass is 16.5. The molecular formula is C22H24N8O2. The smallest absolute Gasteiger partial charge is 0.262 e. The van der Waals surface area contributed by atoms with Crippen molar-refractivity contribution >= 4 is 29.4 Å². The van der Waals surface area contributed by atoms with E-state index in [0.29, 0.717) is 28.8 Å². The third-order valence-electron chi connectivity index (χ3n) is 4.88. The van der Waals surface area contributed by atoms with Gasteiger partial charge in [0.2, 0.25) is 5.95 Å². The largest absolute Gasteiger partial charge is 0.484 e. The Morgan fingerprint density at radius 1 is 1.28 bits per heavy atom. The minimum absolute atomic E-state index is 0.0594. The number of amides is 1. The Kier molecular flexibility index (Phi) is 6.13. The zero-order valence-electron chi connectivity index (χ0n) is 17.6. The van der Waals surface area contributed by atoms with Gasteiger partial charge in [-0.3, -0.25) is 9.69 Å². The lowest BCUT2D eigenvalue weighted by Crippen LogP contribution is -2.30. The second kappa shape index (κ2) is 9.31. The van der Waals surface area contributed by atoms with E-state index >= 15 is 0 Å². The number of carbonyl (C=O) groups is 1. The zero-order chi connectivity index (χ0) is 22.5. The van der Waals surface area contributed by atoms with E-state index in [-0.39, 0.29) is 12.5 Å². The van der Waals surface area contributed by atoms with Crippen LogP contribution in [0, 0.1) is 5.41 Å². The van der Waals surface area contributed by atoms with Crippen molar-refractivity contribution < 1.29 is 9.53 Å². The van der Waals surface area contributed by atoms with Gasteiger partial charge in [-0.2, -0.15) is 0 Å². The number of nitrogens with two attached hydrogens (primary N) is 1. The Morgan fingerprint density at radius 2 is 2.09 bits per heavy atom. The van der Waals surface area contributed by atoms with Gasteiger partial charge in [-0.15, -0.1) is 10.2 Å². The quantitative estimate of drug-likeness (QED) is 0.271. The van der Waals surface area contributed by atoms with Crippen molar-refractivity contribution in [1.82, 2.24) is 25.4 Å². The molecule has 1 amide bonds. The maximum absolute atomic E-state index is 12.0. The van der Waals surface area contributed by atoms with Gasteiger partial charge in [-0.05, 0) is 55.6 Å². The van der Waals surface area contributed by atoms with Crippen molar-refractivity contribution in [2.24, 2.45) is 0 Å². The fourth-order valence-corrected chi connectivity index (χ4v) is 3.21. The first kappa shape index (κ1) is 21.1. The maximum Gasteiger partial charge on any atom is 0.262 e. The summed E-state index contributed by atoms with van der Waals surface area (Å²) in [6.07, 6.45) is 3.19. The van der Waals surface area contributed by atoms with E-state index in [1.54, 1.807) is 30.3 Å². The summed E-state index contributed by atoms with van der Waals surface area (Å²) in [5, 5.41) is 21.6. The van der Waals surface area contributed by atoms with Crippen molar-refractivity contribution in [1.29, 1.82) is 5.41 Å². The van der Waals surface area contributed by atoms with E-state index < -0.39 is 0 Å². The summed E-state index contributed by atoms with van der Waals surface area (Å²) in [4.78, 5) is 17.2. The number of H-pyrrole nitrogens is 1. The minimum atomic E-state index is -0.185. The molecule has 10 nitrogen and oxygen atoms in total. The van der Waals surface area contributed by atoms with Crippen molar-refractivity contribution in [3.05, 3.63) is 59.8 Å². The Labute approximate surface area is 185 Å². The molecule has 0 fully saturated rings. The lowest BCUT2D eigenvalue weighted by atomic mass is 10.2. The van der Waals surface area contributed by atoms with E-state index in [4.69, 9.17) is 15.9 Å². The number of nitrogens with one attached hydrogen (secondary N) is 4. The van der Waals surface area contributed by atoms with Crippen LogP contribution in [0.2, 0.25) is 0 Å². The van der Waals surface area contributed by atoms with Crippen molar-refractivity contribution in [3.8, 4) is 17.1 Å². The third-order valence-corrected chi connectivity index (χ3v) is 4.88. The van der Waals surface area contributed by atoms with E-state index in [2.05, 4.69) is 30.7 Å². The van der Waals surface area contributed by atoms with Crippen LogP contribution in [0.25, 0.3) is 11.4 Å². The number of nitrogens with zero attached hydrogens (tertiary/aromatic N) is 3. The molecule has 0 unspecified atom stereocenters. The van der Waals surface area contributed by atoms with Gasteiger partial charge >= 0.3 is 0 Å². The number of ether oxygens (including phenoxy) is 1. The van der Waals surface area contributed by atoms with Crippen LogP contribution < -0.4 is 21.1 Å². The number of likely N-dealkylation sites (N-methyl/N-ethyl adjacent to an activating group) is 1. The Morgan fingerprint density at radius 3 is 2.81 bits per heavy atom. The Hall–Kier alpha value is -4.18. The maximum atomic E-state index is 12.0. The fourth-order valence-electron chi connectivity index (χ4n) is 3.21. The van der Waals surface area contributed by atoms with Gasteiger partial charge in [0.25, 0.3) is 5.91 Å². The molecule has 164 valence electrons. The molecule has 10 heteroatoms.